The third-order valence-electron chi connectivity index (χ3n) is 9.20. The number of benzene rings is 6. The Hall–Kier alpha value is -4.36. The summed E-state index contributed by atoms with van der Waals surface area (Å²) < 4.78 is 2.43. The quantitative estimate of drug-likeness (QED) is 0.146. The van der Waals surface area contributed by atoms with Crippen molar-refractivity contribution < 1.29 is 0 Å². The van der Waals surface area contributed by atoms with Crippen LogP contribution in [0.15, 0.2) is 115 Å². The molecule has 48 heavy (non-hydrogen) atoms. The third kappa shape index (κ3) is 7.21. The Balaban J connectivity index is 0.000000143. The molecule has 1 heterocycles. The zero-order valence-electron chi connectivity index (χ0n) is 31.4. The Bertz CT molecular complexity index is 2070. The predicted molar refractivity (Wildman–Crippen MR) is 214 cm³/mol. The van der Waals surface area contributed by atoms with E-state index in [-0.39, 0.29) is 16.4 Å². The summed E-state index contributed by atoms with van der Waals surface area (Å²) in [5, 5.41) is 8.12. The summed E-state index contributed by atoms with van der Waals surface area (Å²) in [4.78, 5) is 0. The number of nitrogens with zero attached hydrogens (tertiary/aromatic N) is 1. The number of aromatic nitrogens is 1. The Kier molecular flexibility index (Phi) is 9.67. The first-order chi connectivity index (χ1) is 22.5. The van der Waals surface area contributed by atoms with Gasteiger partial charge in [0, 0.05) is 27.3 Å². The summed E-state index contributed by atoms with van der Waals surface area (Å²) in [6, 6.07) is 41.5. The minimum absolute atomic E-state index is 0.0999. The predicted octanol–water partition coefficient (Wildman–Crippen LogP) is 13.7. The van der Waals surface area contributed by atoms with Crippen LogP contribution in [-0.2, 0) is 16.4 Å². The number of aryl methyl sites for hydroxylation is 3. The average molecular weight is 634 g/mol. The Morgan fingerprint density at radius 3 is 1.12 bits per heavy atom. The standard InChI is InChI=1S/C18H18.C16H17N.C13H20/c1-18(2,3)17-15-10-6-4-8-13(15)12-14-9-5-7-11-16(14)17;1-16(2,3)17-14-10-6-4-8-12(14)13-9-5-7-11-15(13)17;1-9-7-10(2)12(11(3)8-9)13(4,5)6/h4-12H,1-3H3;4-11H,1-3H3;7-8H,1-6H3. The summed E-state index contributed by atoms with van der Waals surface area (Å²) in [6.45, 7) is 27.0. The lowest BCUT2D eigenvalue weighted by Gasteiger charge is -2.24. The van der Waals surface area contributed by atoms with E-state index in [0.29, 0.717) is 0 Å². The normalized spacial score (nSPS) is 12.2. The molecule has 0 unspecified atom stereocenters. The molecule has 1 nitrogen and oxygen atoms in total. The topological polar surface area (TPSA) is 4.93 Å². The van der Waals surface area contributed by atoms with Crippen molar-refractivity contribution in [1.82, 2.24) is 4.57 Å². The van der Waals surface area contributed by atoms with Crippen molar-refractivity contribution >= 4 is 43.4 Å². The second kappa shape index (κ2) is 13.3. The van der Waals surface area contributed by atoms with Crippen LogP contribution >= 0.6 is 0 Å². The molecule has 1 aromatic heterocycles. The highest BCUT2D eigenvalue weighted by Gasteiger charge is 2.21. The van der Waals surface area contributed by atoms with Crippen LogP contribution in [0, 0.1) is 20.8 Å². The van der Waals surface area contributed by atoms with E-state index >= 15 is 0 Å². The van der Waals surface area contributed by atoms with Crippen LogP contribution < -0.4 is 0 Å². The first kappa shape index (κ1) is 35.0. The average Bonchev–Trinajstić information content (AvgIpc) is 3.34. The van der Waals surface area contributed by atoms with Gasteiger partial charge in [0.2, 0.25) is 0 Å². The molecule has 0 aliphatic rings. The van der Waals surface area contributed by atoms with Gasteiger partial charge in [-0.25, -0.2) is 0 Å². The molecular weight excluding hydrogens is 579 g/mol. The molecule has 0 aliphatic heterocycles. The summed E-state index contributed by atoms with van der Waals surface area (Å²) >= 11 is 0. The van der Waals surface area contributed by atoms with E-state index in [2.05, 4.69) is 203 Å². The molecule has 0 N–H and O–H groups in total. The Morgan fingerprint density at radius 2 is 0.750 bits per heavy atom. The van der Waals surface area contributed by atoms with Crippen molar-refractivity contribution in [2.75, 3.05) is 0 Å². The van der Waals surface area contributed by atoms with Crippen LogP contribution in [0.25, 0.3) is 43.4 Å². The molecule has 0 spiro atoms. The van der Waals surface area contributed by atoms with Gasteiger partial charge in [0.1, 0.15) is 0 Å². The van der Waals surface area contributed by atoms with E-state index in [4.69, 9.17) is 0 Å². The van der Waals surface area contributed by atoms with Crippen LogP contribution in [0.3, 0.4) is 0 Å². The summed E-state index contributed by atoms with van der Waals surface area (Å²) in [6.07, 6.45) is 0. The molecule has 6 aromatic carbocycles. The lowest BCUT2D eigenvalue weighted by atomic mass is 9.80. The second-order valence-corrected chi connectivity index (χ2v) is 16.5. The van der Waals surface area contributed by atoms with Crippen molar-refractivity contribution in [3.8, 4) is 0 Å². The van der Waals surface area contributed by atoms with E-state index in [1.54, 1.807) is 0 Å². The van der Waals surface area contributed by atoms with E-state index in [9.17, 15) is 0 Å². The first-order valence-electron chi connectivity index (χ1n) is 17.5. The molecular formula is C47H55N. The highest BCUT2D eigenvalue weighted by molar-refractivity contribution is 6.08. The fourth-order valence-electron chi connectivity index (χ4n) is 7.83. The zero-order valence-corrected chi connectivity index (χ0v) is 31.4. The van der Waals surface area contributed by atoms with Crippen LogP contribution in [0.4, 0.5) is 0 Å². The molecule has 0 saturated carbocycles. The van der Waals surface area contributed by atoms with Gasteiger partial charge in [-0.1, -0.05) is 144 Å². The number of hydrogen-bond acceptors (Lipinski definition) is 0. The first-order valence-corrected chi connectivity index (χ1v) is 17.5. The zero-order chi connectivity index (χ0) is 35.0. The van der Waals surface area contributed by atoms with Gasteiger partial charge in [-0.05, 0) is 114 Å². The maximum atomic E-state index is 2.43. The lowest BCUT2D eigenvalue weighted by molar-refractivity contribution is 0.423. The maximum absolute atomic E-state index is 2.43. The number of rotatable bonds is 0. The van der Waals surface area contributed by atoms with Crippen LogP contribution in [0.1, 0.15) is 90.1 Å². The highest BCUT2D eigenvalue weighted by atomic mass is 15.0. The van der Waals surface area contributed by atoms with E-state index in [1.807, 2.05) is 0 Å². The number of hydrogen-bond donors (Lipinski definition) is 0. The van der Waals surface area contributed by atoms with Gasteiger partial charge in [0.15, 0.2) is 0 Å². The maximum Gasteiger partial charge on any atom is 0.0496 e. The van der Waals surface area contributed by atoms with Crippen LogP contribution in [0.2, 0.25) is 0 Å². The van der Waals surface area contributed by atoms with Gasteiger partial charge in [-0.2, -0.15) is 0 Å². The fourth-order valence-corrected chi connectivity index (χ4v) is 7.83. The van der Waals surface area contributed by atoms with Crippen LogP contribution in [0.5, 0.6) is 0 Å². The minimum atomic E-state index is 0.0999. The van der Waals surface area contributed by atoms with Crippen LogP contribution in [-0.4, -0.2) is 4.57 Å². The highest BCUT2D eigenvalue weighted by Crippen LogP contribution is 2.37. The van der Waals surface area contributed by atoms with Crippen molar-refractivity contribution in [1.29, 1.82) is 0 Å². The number of fused-ring (bicyclic) bond motifs is 5. The van der Waals surface area contributed by atoms with Gasteiger partial charge >= 0.3 is 0 Å². The summed E-state index contributed by atoms with van der Waals surface area (Å²) in [5.41, 5.74) is 10.3. The largest absolute Gasteiger partial charge is 0.335 e. The minimum Gasteiger partial charge on any atom is -0.335 e. The molecule has 0 amide bonds. The molecule has 7 aromatic rings. The molecule has 7 rings (SSSR count). The van der Waals surface area contributed by atoms with E-state index in [1.165, 1.54) is 71.2 Å². The molecule has 0 aliphatic carbocycles. The van der Waals surface area contributed by atoms with Gasteiger partial charge in [0.05, 0.1) is 0 Å². The van der Waals surface area contributed by atoms with Gasteiger partial charge in [-0.15, -0.1) is 0 Å². The summed E-state index contributed by atoms with van der Waals surface area (Å²) in [7, 11) is 0. The Morgan fingerprint density at radius 1 is 0.396 bits per heavy atom. The van der Waals surface area contributed by atoms with Crippen molar-refractivity contribution in [2.24, 2.45) is 0 Å². The van der Waals surface area contributed by atoms with Gasteiger partial charge in [-0.3, -0.25) is 0 Å². The lowest BCUT2D eigenvalue weighted by Crippen LogP contribution is -2.21. The fraction of sp³-hybridized carbons (Fsp3) is 0.319. The van der Waals surface area contributed by atoms with Gasteiger partial charge in [0.25, 0.3) is 0 Å². The molecule has 248 valence electrons. The van der Waals surface area contributed by atoms with E-state index in [0.717, 1.165) is 0 Å². The van der Waals surface area contributed by atoms with Gasteiger partial charge < -0.3 is 4.57 Å². The molecule has 0 bridgehead atoms. The summed E-state index contributed by atoms with van der Waals surface area (Å²) in [5.74, 6) is 0. The van der Waals surface area contributed by atoms with E-state index < -0.39 is 0 Å². The monoisotopic (exact) mass is 633 g/mol. The molecule has 0 radical (unpaired) electrons. The number of para-hydroxylation sites is 2. The smallest absolute Gasteiger partial charge is 0.0496 e. The second-order valence-electron chi connectivity index (χ2n) is 16.5. The molecule has 0 saturated heterocycles. The SMILES string of the molecule is CC(C)(C)c1c2ccccc2cc2ccccc12.CC(C)(C)n1c2ccccc2c2ccccc21.Cc1cc(C)c(C(C)(C)C)c(C)c1. The molecule has 1 heteroatoms. The Labute approximate surface area is 289 Å². The van der Waals surface area contributed by atoms with Crippen molar-refractivity contribution in [2.45, 2.75) is 99.5 Å². The molecule has 0 fully saturated rings. The molecule has 0 atom stereocenters. The third-order valence-corrected chi connectivity index (χ3v) is 9.20. The van der Waals surface area contributed by atoms with Crippen molar-refractivity contribution in [3.05, 3.63) is 143 Å². The van der Waals surface area contributed by atoms with Crippen molar-refractivity contribution in [3.63, 3.8) is 0 Å².